The predicted molar refractivity (Wildman–Crippen MR) is 25.2 cm³/mol. The molecule has 0 aliphatic carbocycles. The van der Waals surface area contributed by atoms with Crippen LogP contribution in [0.15, 0.2) is 0 Å². The van der Waals surface area contributed by atoms with E-state index in [0.29, 0.717) is 0 Å². The van der Waals surface area contributed by atoms with Gasteiger partial charge in [0.1, 0.15) is 0 Å². The Morgan fingerprint density at radius 3 is 1.40 bits per heavy atom. The molecule has 1 N–H and O–H groups in total. The molecule has 0 aliphatic rings. The van der Waals surface area contributed by atoms with Crippen molar-refractivity contribution in [2.75, 3.05) is 0 Å². The van der Waals surface area contributed by atoms with E-state index in [4.69, 9.17) is 5.11 Å². The van der Waals surface area contributed by atoms with Gasteiger partial charge in [0.05, 0.1) is 0 Å². The number of aliphatic hydroxyl groups is 1. The predicted octanol–water partition coefficient (Wildman–Crippen LogP) is -1.19. The summed E-state index contributed by atoms with van der Waals surface area (Å²) in [6, 6.07) is 0. The summed E-state index contributed by atoms with van der Waals surface area (Å²) in [4.78, 5) is 0. The van der Waals surface area contributed by atoms with Crippen LogP contribution in [0.4, 0.5) is 0 Å². The van der Waals surface area contributed by atoms with Gasteiger partial charge in [-0.1, -0.05) is 0 Å². The number of hydrogen-bond donors (Lipinski definition) is 1. The maximum Gasteiger partial charge on any atom is 2.00 e. The third-order valence-corrected chi connectivity index (χ3v) is 0. The average molecular weight is 151 g/mol. The molecule has 0 fully saturated rings. The molecule has 0 saturated heterocycles. The topological polar surface area (TPSA) is 20.2 Å². The summed E-state index contributed by atoms with van der Waals surface area (Å²) in [7, 11) is 2.25. The summed E-state index contributed by atoms with van der Waals surface area (Å²) in [5.41, 5.74) is 0. The second-order valence-electron chi connectivity index (χ2n) is 0. The first-order valence-corrected chi connectivity index (χ1v) is 0.316. The van der Waals surface area contributed by atoms with Crippen molar-refractivity contribution in [2.24, 2.45) is 0 Å². The van der Waals surface area contributed by atoms with E-state index in [1.165, 1.54) is 0 Å². The molecule has 0 rings (SSSR count). The average Bonchev–Trinajstić information content (AvgIpc) is 1.00. The molecule has 0 unspecified atom stereocenters. The van der Waals surface area contributed by atoms with Crippen molar-refractivity contribution in [1.29, 1.82) is 0 Å². The molecular weight excluding hydrogens is 143 g/mol. The maximum atomic E-state index is 6.75. The molecule has 0 aromatic heterocycles. The molecule has 5 heavy (non-hydrogen) atoms. The first-order chi connectivity index (χ1) is 1.00. The number of aliphatic hydroxyl groups excluding tert-OH is 1. The van der Waals surface area contributed by atoms with E-state index in [1.807, 2.05) is 0 Å². The van der Waals surface area contributed by atoms with E-state index in [9.17, 15) is 0 Å². The monoisotopic (exact) mass is 151 g/mol. The third-order valence-electron chi connectivity index (χ3n) is 0. The van der Waals surface area contributed by atoms with Crippen LogP contribution in [0.25, 0.3) is 0 Å². The fourth-order valence-electron chi connectivity index (χ4n) is 0. The van der Waals surface area contributed by atoms with Crippen LogP contribution in [0.2, 0.25) is 0 Å². The molecule has 0 aliphatic heterocycles. The van der Waals surface area contributed by atoms with Crippen molar-refractivity contribution in [2.45, 2.75) is 0 Å². The first kappa shape index (κ1) is 26.0. The Kier molecular flexibility index (Phi) is 165. The van der Waals surface area contributed by atoms with Crippen LogP contribution in [-0.2, 0) is 21.7 Å². The number of rotatable bonds is 0. The van der Waals surface area contributed by atoms with E-state index in [0.717, 1.165) is 0 Å². The van der Waals surface area contributed by atoms with Crippen molar-refractivity contribution >= 4 is 55.1 Å². The summed E-state index contributed by atoms with van der Waals surface area (Å²) in [5, 5.41) is 6.75. The zero-order valence-corrected chi connectivity index (χ0v) is 6.13. The Labute approximate surface area is 90.5 Å². The molecule has 0 spiro atoms. The molecule has 0 bridgehead atoms. The van der Waals surface area contributed by atoms with Crippen LogP contribution in [-0.4, -0.2) is 60.2 Å². The van der Waals surface area contributed by atoms with Crippen LogP contribution < -0.4 is 0 Å². The van der Waals surface area contributed by atoms with Crippen molar-refractivity contribution in [3.63, 3.8) is 0 Å². The minimum Gasteiger partial charge on any atom is -1.00 e. The minimum atomic E-state index is 0. The van der Waals surface area contributed by atoms with Gasteiger partial charge in [-0.3, -0.25) is 0 Å². The van der Waals surface area contributed by atoms with Crippen molar-refractivity contribution in [3.05, 3.63) is 7.11 Å². The summed E-state index contributed by atoms with van der Waals surface area (Å²) < 4.78 is 0. The van der Waals surface area contributed by atoms with Gasteiger partial charge in [-0.2, -0.15) is 0 Å². The Hall–Kier alpha value is 2.47. The van der Waals surface area contributed by atoms with E-state index < -0.39 is 0 Å². The zero-order valence-electron chi connectivity index (χ0n) is 4.36. The Morgan fingerprint density at radius 2 is 1.40 bits per heavy atom. The Morgan fingerprint density at radius 1 is 1.40 bits per heavy atom. The van der Waals surface area contributed by atoms with Crippen LogP contribution >= 0.6 is 0 Å². The van der Waals surface area contributed by atoms with Crippen LogP contribution in [0.3, 0.4) is 0 Å². The van der Waals surface area contributed by atoms with Gasteiger partial charge in [-0.05, 0) is 0 Å². The normalized spacial score (nSPS) is 1.20. The summed E-state index contributed by atoms with van der Waals surface area (Å²) in [6.07, 6.45) is 0. The summed E-state index contributed by atoms with van der Waals surface area (Å²) in [5.74, 6) is 0. The van der Waals surface area contributed by atoms with E-state index in [-0.39, 0.29) is 79.7 Å². The van der Waals surface area contributed by atoms with Gasteiger partial charge in [0.2, 0.25) is 0 Å². The van der Waals surface area contributed by atoms with Gasteiger partial charge < -0.3 is 7.96 Å². The summed E-state index contributed by atoms with van der Waals surface area (Å²) >= 11 is 0. The van der Waals surface area contributed by atoms with Gasteiger partial charge in [0, 0.05) is 21.7 Å². The molecule has 28 valence electrons. The molecular formula is CH8AlCaOTi-. The van der Waals surface area contributed by atoms with Crippen LogP contribution in [0, 0.1) is 7.11 Å². The number of hydrogen-bond acceptors (Lipinski definition) is 1. The molecule has 0 radical (unpaired) electrons. The quantitative estimate of drug-likeness (QED) is 0.341. The van der Waals surface area contributed by atoms with Gasteiger partial charge in [-0.15, -0.1) is 0 Å². The van der Waals surface area contributed by atoms with Gasteiger partial charge >= 0.3 is 37.7 Å². The molecule has 0 aromatic rings. The molecule has 0 aromatic carbocycles. The summed E-state index contributed by atoms with van der Waals surface area (Å²) in [6.45, 7) is 0. The Balaban J connectivity index is -0.000000000500. The van der Waals surface area contributed by atoms with Crippen molar-refractivity contribution < 1.29 is 29.7 Å². The maximum absolute atomic E-state index is 6.75. The van der Waals surface area contributed by atoms with Gasteiger partial charge in [0.15, 0.2) is 17.4 Å². The molecule has 0 atom stereocenters. The second-order valence-corrected chi connectivity index (χ2v) is 0. The molecule has 0 amide bonds. The van der Waals surface area contributed by atoms with Crippen LogP contribution in [0.1, 0.15) is 2.85 Å². The smallest absolute Gasteiger partial charge is 1.00 e. The zero-order chi connectivity index (χ0) is 2.00. The fourth-order valence-corrected chi connectivity index (χ4v) is 0. The van der Waals surface area contributed by atoms with Crippen LogP contribution in [0.5, 0.6) is 0 Å². The molecule has 1 nitrogen and oxygen atoms in total. The molecule has 0 heterocycles. The van der Waals surface area contributed by atoms with Gasteiger partial charge in [-0.25, -0.2) is 7.11 Å². The standard InChI is InChI=1S/CH3O.Al.Ca.Ti.5H/c1-2;;;;;;;;/h2H,1H2;;;;;;;;/q-1;;+2;;;;;2*-1. The van der Waals surface area contributed by atoms with E-state index in [1.54, 1.807) is 0 Å². The fraction of sp³-hybridized carbons (Fsp3) is 0. The van der Waals surface area contributed by atoms with E-state index in [2.05, 4.69) is 7.11 Å². The first-order valence-electron chi connectivity index (χ1n) is 0.316. The SMILES string of the molecule is [AlH3].[CH2-]O.[Ca+2].[H-].[H-].[Ti]. The third kappa shape index (κ3) is 21.2. The van der Waals surface area contributed by atoms with Crippen molar-refractivity contribution in [1.82, 2.24) is 0 Å². The van der Waals surface area contributed by atoms with Crippen molar-refractivity contribution in [3.8, 4) is 0 Å². The van der Waals surface area contributed by atoms with E-state index >= 15 is 0 Å². The molecule has 0 saturated carbocycles. The minimum absolute atomic E-state index is 0. The Bertz CT molecular complexity index is 17.7. The molecule has 4 heteroatoms. The largest absolute Gasteiger partial charge is 2.00 e. The van der Waals surface area contributed by atoms with Gasteiger partial charge in [0.25, 0.3) is 0 Å². The second kappa shape index (κ2) is 31.8.